The predicted molar refractivity (Wildman–Crippen MR) is 102 cm³/mol. The summed E-state index contributed by atoms with van der Waals surface area (Å²) in [7, 11) is -2.74. The number of hydrogen-bond donors (Lipinski definition) is 1. The summed E-state index contributed by atoms with van der Waals surface area (Å²) >= 11 is 0. The number of carbonyl (C=O) groups excluding carboxylic acids is 1. The molecule has 0 aliphatic heterocycles. The quantitative estimate of drug-likeness (QED) is 0.393. The molecular formula is C20H21F4NO4S. The maximum atomic E-state index is 13.6. The van der Waals surface area contributed by atoms with E-state index in [2.05, 4.69) is 9.46 Å². The summed E-state index contributed by atoms with van der Waals surface area (Å²) in [5.74, 6) is -2.02. The van der Waals surface area contributed by atoms with Crippen molar-refractivity contribution >= 4 is 16.0 Å². The fourth-order valence-electron chi connectivity index (χ4n) is 2.83. The molecule has 0 unspecified atom stereocenters. The minimum absolute atomic E-state index is 0.0224. The average Bonchev–Trinajstić information content (AvgIpc) is 2.65. The van der Waals surface area contributed by atoms with Crippen LogP contribution in [0.1, 0.15) is 39.0 Å². The molecule has 0 spiro atoms. The fraction of sp³-hybridized carbons (Fsp3) is 0.350. The van der Waals surface area contributed by atoms with Gasteiger partial charge >= 0.3 is 12.1 Å². The van der Waals surface area contributed by atoms with Crippen molar-refractivity contribution < 1.29 is 35.5 Å². The van der Waals surface area contributed by atoms with Crippen molar-refractivity contribution in [3.8, 4) is 0 Å². The second kappa shape index (κ2) is 9.13. The lowest BCUT2D eigenvalue weighted by atomic mass is 10.0. The zero-order valence-corrected chi connectivity index (χ0v) is 17.4. The third kappa shape index (κ3) is 5.57. The lowest BCUT2D eigenvalue weighted by Gasteiger charge is -2.12. The van der Waals surface area contributed by atoms with E-state index in [1.54, 1.807) is 13.8 Å². The van der Waals surface area contributed by atoms with Gasteiger partial charge in [0.15, 0.2) is 0 Å². The van der Waals surface area contributed by atoms with Gasteiger partial charge in [0, 0.05) is 6.54 Å². The van der Waals surface area contributed by atoms with Crippen LogP contribution < -0.4 is 4.72 Å². The van der Waals surface area contributed by atoms with Crippen molar-refractivity contribution in [3.05, 3.63) is 64.0 Å². The molecule has 0 aliphatic carbocycles. The minimum Gasteiger partial charge on any atom is -0.465 e. The number of halogens is 4. The summed E-state index contributed by atoms with van der Waals surface area (Å²) < 4.78 is 83.5. The first kappa shape index (κ1) is 23.8. The molecule has 0 saturated carbocycles. The van der Waals surface area contributed by atoms with Crippen LogP contribution in [0.4, 0.5) is 17.6 Å². The first-order valence-electron chi connectivity index (χ1n) is 8.91. The van der Waals surface area contributed by atoms with E-state index in [0.717, 1.165) is 12.1 Å². The molecule has 2 aromatic carbocycles. The van der Waals surface area contributed by atoms with Crippen molar-refractivity contribution in [3.63, 3.8) is 0 Å². The third-order valence-electron chi connectivity index (χ3n) is 4.63. The molecule has 2 aromatic rings. The van der Waals surface area contributed by atoms with Crippen molar-refractivity contribution in [2.75, 3.05) is 13.7 Å². The van der Waals surface area contributed by atoms with E-state index in [1.807, 2.05) is 0 Å². The van der Waals surface area contributed by atoms with Crippen molar-refractivity contribution in [1.82, 2.24) is 4.72 Å². The van der Waals surface area contributed by atoms with E-state index >= 15 is 0 Å². The zero-order valence-electron chi connectivity index (χ0n) is 16.6. The number of benzene rings is 2. The van der Waals surface area contributed by atoms with Crippen LogP contribution in [-0.2, 0) is 27.4 Å². The highest BCUT2D eigenvalue weighted by Gasteiger charge is 2.33. The summed E-state index contributed by atoms with van der Waals surface area (Å²) in [6.07, 6.45) is -4.36. The molecule has 0 aliphatic rings. The highest BCUT2D eigenvalue weighted by atomic mass is 32.2. The fourth-order valence-corrected chi connectivity index (χ4v) is 4.01. The first-order chi connectivity index (χ1) is 13.9. The molecule has 0 amide bonds. The Morgan fingerprint density at radius 3 is 2.37 bits per heavy atom. The van der Waals surface area contributed by atoms with Gasteiger partial charge in [0.2, 0.25) is 10.0 Å². The molecule has 5 nitrogen and oxygen atoms in total. The number of aryl methyl sites for hydroxylation is 2. The van der Waals surface area contributed by atoms with E-state index in [4.69, 9.17) is 0 Å². The van der Waals surface area contributed by atoms with E-state index in [-0.39, 0.29) is 29.8 Å². The third-order valence-corrected chi connectivity index (χ3v) is 6.07. The number of sulfonamides is 1. The standard InChI is InChI=1S/C20H21F4NO4S/c1-12-9-15(11-16(13(12)2)19(26)29-3)30(27,28)25-8-4-5-14-6-7-17(18(21)10-14)20(22,23)24/h6-7,9-11,25H,4-5,8H2,1-3H3. The lowest BCUT2D eigenvalue weighted by molar-refractivity contribution is -0.140. The molecule has 0 saturated heterocycles. The Bertz CT molecular complexity index is 1050. The summed E-state index contributed by atoms with van der Waals surface area (Å²) in [6.45, 7) is 3.32. The van der Waals surface area contributed by atoms with Crippen LogP contribution in [0.5, 0.6) is 0 Å². The number of carbonyl (C=O) groups is 1. The van der Waals surface area contributed by atoms with E-state index in [9.17, 15) is 30.8 Å². The van der Waals surface area contributed by atoms with Crippen LogP contribution >= 0.6 is 0 Å². The molecule has 0 aromatic heterocycles. The molecule has 0 radical (unpaired) electrons. The molecule has 10 heteroatoms. The molecule has 164 valence electrons. The smallest absolute Gasteiger partial charge is 0.419 e. The minimum atomic E-state index is -4.77. The number of methoxy groups -OCH3 is 1. The Kier molecular flexibility index (Phi) is 7.25. The highest BCUT2D eigenvalue weighted by Crippen LogP contribution is 2.31. The number of esters is 1. The second-order valence-corrected chi connectivity index (χ2v) is 8.48. The van der Waals surface area contributed by atoms with Gasteiger partial charge in [0.05, 0.1) is 23.1 Å². The van der Waals surface area contributed by atoms with Gasteiger partial charge in [0.1, 0.15) is 5.82 Å². The van der Waals surface area contributed by atoms with Gasteiger partial charge in [0.25, 0.3) is 0 Å². The van der Waals surface area contributed by atoms with Gasteiger partial charge in [-0.2, -0.15) is 13.2 Å². The van der Waals surface area contributed by atoms with Gasteiger partial charge in [-0.25, -0.2) is 22.3 Å². The van der Waals surface area contributed by atoms with Gasteiger partial charge < -0.3 is 4.74 Å². The second-order valence-electron chi connectivity index (χ2n) is 6.72. The van der Waals surface area contributed by atoms with Gasteiger partial charge in [-0.15, -0.1) is 0 Å². The van der Waals surface area contributed by atoms with Crippen LogP contribution in [-0.4, -0.2) is 28.0 Å². The van der Waals surface area contributed by atoms with Crippen LogP contribution in [0.2, 0.25) is 0 Å². The summed E-state index contributed by atoms with van der Waals surface area (Å²) in [5, 5.41) is 0. The predicted octanol–water partition coefficient (Wildman–Crippen LogP) is 4.16. The highest BCUT2D eigenvalue weighted by molar-refractivity contribution is 7.89. The molecular weight excluding hydrogens is 426 g/mol. The number of hydrogen-bond acceptors (Lipinski definition) is 4. The molecule has 1 N–H and O–H groups in total. The number of ether oxygens (including phenoxy) is 1. The molecule has 0 atom stereocenters. The first-order valence-corrected chi connectivity index (χ1v) is 10.4. The summed E-state index contributed by atoms with van der Waals surface area (Å²) in [6, 6.07) is 5.27. The van der Waals surface area contributed by atoms with E-state index in [0.29, 0.717) is 22.8 Å². The maximum Gasteiger partial charge on any atom is 0.419 e. The number of rotatable bonds is 7. The van der Waals surface area contributed by atoms with Gasteiger partial charge in [-0.05, 0) is 67.6 Å². The maximum absolute atomic E-state index is 13.6. The molecule has 2 rings (SSSR count). The Hall–Kier alpha value is -2.46. The average molecular weight is 447 g/mol. The topological polar surface area (TPSA) is 72.5 Å². The molecule has 0 heterocycles. The number of alkyl halides is 3. The van der Waals surface area contributed by atoms with Crippen LogP contribution in [0.25, 0.3) is 0 Å². The van der Waals surface area contributed by atoms with E-state index < -0.39 is 33.5 Å². The Morgan fingerprint density at radius 1 is 1.13 bits per heavy atom. The van der Waals surface area contributed by atoms with Crippen molar-refractivity contribution in [2.45, 2.75) is 37.8 Å². The monoisotopic (exact) mass is 447 g/mol. The van der Waals surface area contributed by atoms with Gasteiger partial charge in [-0.3, -0.25) is 0 Å². The van der Waals surface area contributed by atoms with Crippen LogP contribution in [0, 0.1) is 19.7 Å². The number of nitrogens with one attached hydrogen (secondary N) is 1. The van der Waals surface area contributed by atoms with Crippen LogP contribution in [0.3, 0.4) is 0 Å². The van der Waals surface area contributed by atoms with Gasteiger partial charge in [-0.1, -0.05) is 6.07 Å². The Balaban J connectivity index is 2.05. The van der Waals surface area contributed by atoms with Crippen molar-refractivity contribution in [2.24, 2.45) is 0 Å². The molecule has 30 heavy (non-hydrogen) atoms. The SMILES string of the molecule is COC(=O)c1cc(S(=O)(=O)NCCCc2ccc(C(F)(F)F)c(F)c2)cc(C)c1C. The zero-order chi connectivity index (χ0) is 22.7. The summed E-state index contributed by atoms with van der Waals surface area (Å²) in [4.78, 5) is 11.8. The molecule has 0 fully saturated rings. The van der Waals surface area contributed by atoms with Crippen molar-refractivity contribution in [1.29, 1.82) is 0 Å². The Labute approximate surface area is 172 Å². The van der Waals surface area contributed by atoms with Crippen LogP contribution in [0.15, 0.2) is 35.2 Å². The lowest BCUT2D eigenvalue weighted by Crippen LogP contribution is -2.25. The molecule has 0 bridgehead atoms. The summed E-state index contributed by atoms with van der Waals surface area (Å²) in [5.41, 5.74) is 0.309. The Morgan fingerprint density at radius 2 is 1.80 bits per heavy atom. The normalized spacial score (nSPS) is 12.1. The largest absolute Gasteiger partial charge is 0.465 e. The van der Waals surface area contributed by atoms with E-state index in [1.165, 1.54) is 19.2 Å².